The maximum atomic E-state index is 12.3. The summed E-state index contributed by atoms with van der Waals surface area (Å²) in [6, 6.07) is 7.10. The molecule has 2 aliphatic rings. The Morgan fingerprint density at radius 2 is 2.14 bits per heavy atom. The predicted octanol–water partition coefficient (Wildman–Crippen LogP) is 0.839. The Morgan fingerprint density at radius 3 is 2.83 bits per heavy atom. The first-order valence-corrected chi connectivity index (χ1v) is 9.49. The van der Waals surface area contributed by atoms with E-state index in [-0.39, 0.29) is 6.54 Å². The molecule has 0 radical (unpaired) electrons. The topological polar surface area (TPSA) is 134 Å². The second-order valence-electron chi connectivity index (χ2n) is 7.40. The molecule has 152 valence electrons. The minimum absolute atomic E-state index is 0.114. The number of imide groups is 1. The fraction of sp³-hybridized carbons (Fsp3) is 0.444. The van der Waals surface area contributed by atoms with E-state index in [1.807, 2.05) is 28.9 Å². The van der Waals surface area contributed by atoms with Crippen LogP contribution in [0.5, 0.6) is 0 Å². The molecule has 4 rings (SSSR count). The molecular formula is C18H22N8O3. The van der Waals surface area contributed by atoms with Gasteiger partial charge in [-0.05, 0) is 48.7 Å². The van der Waals surface area contributed by atoms with Crippen LogP contribution in [0.4, 0.5) is 10.5 Å². The number of rotatable bonds is 7. The van der Waals surface area contributed by atoms with Crippen molar-refractivity contribution < 1.29 is 14.4 Å². The van der Waals surface area contributed by atoms with Gasteiger partial charge in [-0.25, -0.2) is 9.48 Å². The number of anilines is 1. The van der Waals surface area contributed by atoms with E-state index in [9.17, 15) is 14.4 Å². The highest BCUT2D eigenvalue weighted by Gasteiger charge is 2.47. The van der Waals surface area contributed by atoms with Crippen molar-refractivity contribution >= 4 is 23.5 Å². The first kappa shape index (κ1) is 18.8. The second-order valence-corrected chi connectivity index (χ2v) is 7.40. The summed E-state index contributed by atoms with van der Waals surface area (Å²) in [4.78, 5) is 36.6. The minimum Gasteiger partial charge on any atom is -0.376 e. The third-order valence-corrected chi connectivity index (χ3v) is 5.16. The summed E-state index contributed by atoms with van der Waals surface area (Å²) < 4.78 is 1.81. The number of hydrogen-bond acceptors (Lipinski definition) is 7. The molecule has 29 heavy (non-hydrogen) atoms. The van der Waals surface area contributed by atoms with Gasteiger partial charge >= 0.3 is 6.03 Å². The number of urea groups is 1. The van der Waals surface area contributed by atoms with Crippen LogP contribution < -0.4 is 16.1 Å². The number of benzene rings is 1. The van der Waals surface area contributed by atoms with Crippen LogP contribution >= 0.6 is 0 Å². The van der Waals surface area contributed by atoms with E-state index >= 15 is 0 Å². The molecule has 0 spiro atoms. The van der Waals surface area contributed by atoms with Crippen LogP contribution in [0, 0.1) is 0 Å². The number of amides is 4. The largest absolute Gasteiger partial charge is 0.376 e. The first-order valence-electron chi connectivity index (χ1n) is 9.49. The van der Waals surface area contributed by atoms with Gasteiger partial charge in [-0.2, -0.15) is 5.01 Å². The average molecular weight is 398 g/mol. The number of carbonyl (C=O) groups excluding carboxylic acids is 3. The Labute approximate surface area is 166 Å². The summed E-state index contributed by atoms with van der Waals surface area (Å²) in [5, 5.41) is 18.2. The van der Waals surface area contributed by atoms with E-state index in [2.05, 4.69) is 31.6 Å². The second kappa shape index (κ2) is 7.15. The van der Waals surface area contributed by atoms with E-state index in [0.29, 0.717) is 24.0 Å². The van der Waals surface area contributed by atoms with Crippen LogP contribution in [-0.2, 0) is 9.59 Å². The van der Waals surface area contributed by atoms with Gasteiger partial charge in [0.1, 0.15) is 5.54 Å². The van der Waals surface area contributed by atoms with Crippen molar-refractivity contribution in [1.82, 2.24) is 36.0 Å². The van der Waals surface area contributed by atoms with Crippen LogP contribution in [0.3, 0.4) is 0 Å². The molecule has 1 aliphatic heterocycles. The van der Waals surface area contributed by atoms with E-state index in [1.54, 1.807) is 13.8 Å². The zero-order chi connectivity index (χ0) is 20.6. The van der Waals surface area contributed by atoms with Crippen molar-refractivity contribution in [3.05, 3.63) is 24.3 Å². The molecule has 11 nitrogen and oxygen atoms in total. The van der Waals surface area contributed by atoms with Gasteiger partial charge in [0.05, 0.1) is 12.6 Å². The summed E-state index contributed by atoms with van der Waals surface area (Å²) >= 11 is 0. The van der Waals surface area contributed by atoms with E-state index in [1.165, 1.54) is 0 Å². The number of nitrogens with zero attached hydrogens (tertiary/aromatic N) is 5. The highest BCUT2D eigenvalue weighted by Crippen LogP contribution is 2.36. The van der Waals surface area contributed by atoms with Crippen LogP contribution in [0.1, 0.15) is 39.2 Å². The number of hydrogen-bond donors (Lipinski definition) is 3. The molecule has 1 aromatic heterocycles. The molecule has 1 saturated heterocycles. The summed E-state index contributed by atoms with van der Waals surface area (Å²) in [6.45, 7) is 3.30. The normalized spacial score (nSPS) is 21.2. The molecule has 1 atom stereocenters. The van der Waals surface area contributed by atoms with Crippen LogP contribution in [0.25, 0.3) is 11.4 Å². The Hall–Kier alpha value is -3.50. The molecule has 11 heteroatoms. The predicted molar refractivity (Wildman–Crippen MR) is 102 cm³/mol. The van der Waals surface area contributed by atoms with Crippen molar-refractivity contribution in [2.24, 2.45) is 0 Å². The third kappa shape index (κ3) is 3.62. The smallest absolute Gasteiger partial charge is 0.344 e. The number of carbonyl (C=O) groups is 3. The van der Waals surface area contributed by atoms with Crippen molar-refractivity contribution in [1.29, 1.82) is 0 Å². The van der Waals surface area contributed by atoms with E-state index in [0.717, 1.165) is 23.4 Å². The fourth-order valence-electron chi connectivity index (χ4n) is 3.09. The fourth-order valence-corrected chi connectivity index (χ4v) is 3.09. The van der Waals surface area contributed by atoms with Gasteiger partial charge in [0.15, 0.2) is 5.82 Å². The molecule has 2 heterocycles. The van der Waals surface area contributed by atoms with Gasteiger partial charge in [-0.3, -0.25) is 15.0 Å². The monoisotopic (exact) mass is 398 g/mol. The molecule has 2 fully saturated rings. The zero-order valence-corrected chi connectivity index (χ0v) is 16.2. The molecular weight excluding hydrogens is 376 g/mol. The Balaban J connectivity index is 1.38. The van der Waals surface area contributed by atoms with Gasteiger partial charge in [0, 0.05) is 11.3 Å². The Morgan fingerprint density at radius 1 is 1.34 bits per heavy atom. The SMILES string of the molecule is CCC1(C)NC(=O)N(NC(=O)CNc2cccc(-c3nnnn3C3CC3)c2)C1=O. The molecule has 1 saturated carbocycles. The average Bonchev–Trinajstić information content (AvgIpc) is 3.40. The van der Waals surface area contributed by atoms with Gasteiger partial charge < -0.3 is 10.6 Å². The lowest BCUT2D eigenvalue weighted by Crippen LogP contribution is -2.50. The Bertz CT molecular complexity index is 970. The Kier molecular flexibility index (Phi) is 4.65. The number of aromatic nitrogens is 4. The minimum atomic E-state index is -1.00. The van der Waals surface area contributed by atoms with E-state index in [4.69, 9.17) is 0 Å². The summed E-state index contributed by atoms with van der Waals surface area (Å²) in [5.74, 6) is -0.312. The highest BCUT2D eigenvalue weighted by molar-refractivity contribution is 6.07. The van der Waals surface area contributed by atoms with Crippen LogP contribution in [0.2, 0.25) is 0 Å². The number of hydrazine groups is 1. The highest BCUT2D eigenvalue weighted by atomic mass is 16.2. The maximum absolute atomic E-state index is 12.3. The van der Waals surface area contributed by atoms with Crippen LogP contribution in [-0.4, -0.2) is 55.1 Å². The van der Waals surface area contributed by atoms with Gasteiger partial charge in [-0.15, -0.1) is 5.10 Å². The first-order chi connectivity index (χ1) is 13.9. The van der Waals surface area contributed by atoms with Gasteiger partial charge in [0.2, 0.25) is 0 Å². The maximum Gasteiger partial charge on any atom is 0.344 e. The lowest BCUT2D eigenvalue weighted by molar-refractivity contribution is -0.138. The summed E-state index contributed by atoms with van der Waals surface area (Å²) in [6.07, 6.45) is 2.56. The standard InChI is InChI=1S/C18H22N8O3/c1-3-18(2)16(28)26(17(29)20-18)22-14(27)10-19-12-6-4-5-11(9-12)15-21-23-24-25(15)13-7-8-13/h4-6,9,13,19H,3,7-8,10H2,1-2H3,(H,20,29)(H,22,27). The number of tetrazole rings is 1. The van der Waals surface area contributed by atoms with Crippen molar-refractivity contribution in [3.63, 3.8) is 0 Å². The van der Waals surface area contributed by atoms with Crippen molar-refractivity contribution in [2.45, 2.75) is 44.7 Å². The molecule has 1 aliphatic carbocycles. The summed E-state index contributed by atoms with van der Waals surface area (Å²) in [5.41, 5.74) is 2.87. The molecule has 0 bridgehead atoms. The van der Waals surface area contributed by atoms with Crippen molar-refractivity contribution in [2.75, 3.05) is 11.9 Å². The molecule has 3 N–H and O–H groups in total. The van der Waals surface area contributed by atoms with Gasteiger partial charge in [0.25, 0.3) is 11.8 Å². The molecule has 1 unspecified atom stereocenters. The number of nitrogens with one attached hydrogen (secondary N) is 3. The third-order valence-electron chi connectivity index (χ3n) is 5.16. The van der Waals surface area contributed by atoms with Gasteiger partial charge in [-0.1, -0.05) is 19.1 Å². The molecule has 4 amide bonds. The van der Waals surface area contributed by atoms with Crippen LogP contribution in [0.15, 0.2) is 24.3 Å². The lowest BCUT2D eigenvalue weighted by Gasteiger charge is -2.19. The quantitative estimate of drug-likeness (QED) is 0.588. The zero-order valence-electron chi connectivity index (χ0n) is 16.2. The lowest BCUT2D eigenvalue weighted by atomic mass is 10.00. The molecule has 2 aromatic rings. The molecule has 1 aromatic carbocycles. The van der Waals surface area contributed by atoms with E-state index < -0.39 is 23.4 Å². The van der Waals surface area contributed by atoms with Crippen molar-refractivity contribution in [3.8, 4) is 11.4 Å². The summed E-state index contributed by atoms with van der Waals surface area (Å²) in [7, 11) is 0.